The molecule has 1 aromatic heterocycles. The number of nitrogens with zero attached hydrogens (tertiary/aromatic N) is 4. The van der Waals surface area contributed by atoms with Crippen molar-refractivity contribution in [3.8, 4) is 11.4 Å². The molecule has 7 nitrogen and oxygen atoms in total. The van der Waals surface area contributed by atoms with E-state index < -0.39 is 11.7 Å². The van der Waals surface area contributed by atoms with Crippen molar-refractivity contribution in [3.63, 3.8) is 0 Å². The summed E-state index contributed by atoms with van der Waals surface area (Å²) in [7, 11) is 0. The highest BCUT2D eigenvalue weighted by molar-refractivity contribution is 6.31. The van der Waals surface area contributed by atoms with Gasteiger partial charge in [-0.1, -0.05) is 11.6 Å². The number of tetrazole rings is 1. The lowest BCUT2D eigenvalue weighted by atomic mass is 10.1. The lowest BCUT2D eigenvalue weighted by molar-refractivity contribution is 0.102. The summed E-state index contributed by atoms with van der Waals surface area (Å²) in [6, 6.07) is 8.00. The van der Waals surface area contributed by atoms with Crippen LogP contribution >= 0.6 is 11.6 Å². The maximum absolute atomic E-state index is 13.9. The molecule has 0 aliphatic heterocycles. The molecular formula is C14H9ClFN5O2. The van der Waals surface area contributed by atoms with Gasteiger partial charge in [0, 0.05) is 5.02 Å². The van der Waals surface area contributed by atoms with Crippen LogP contribution in [0.4, 0.5) is 10.1 Å². The minimum absolute atomic E-state index is 0.0784. The Balaban J connectivity index is 1.93. The van der Waals surface area contributed by atoms with Gasteiger partial charge in [0.15, 0.2) is 0 Å². The molecule has 0 radical (unpaired) electrons. The summed E-state index contributed by atoms with van der Waals surface area (Å²) in [6.45, 7) is 0. The number of benzene rings is 2. The van der Waals surface area contributed by atoms with Crippen LogP contribution in [0.5, 0.6) is 5.75 Å². The molecule has 1 heterocycles. The van der Waals surface area contributed by atoms with E-state index in [-0.39, 0.29) is 17.0 Å². The van der Waals surface area contributed by atoms with Crippen molar-refractivity contribution >= 4 is 23.2 Å². The fraction of sp³-hybridized carbons (Fsp3) is 0. The van der Waals surface area contributed by atoms with E-state index in [0.29, 0.717) is 10.7 Å². The number of aromatic nitrogens is 4. The Morgan fingerprint density at radius 3 is 2.83 bits per heavy atom. The standard InChI is InChI=1S/C14H9ClFN5O2/c15-8-1-4-13(22)12(5-8)18-14(23)10-6-9(2-3-11(10)16)21-7-17-19-20-21/h1-7,22H,(H,18,23). The normalized spacial score (nSPS) is 10.5. The van der Waals surface area contributed by atoms with Gasteiger partial charge in [0.1, 0.15) is 17.9 Å². The molecule has 0 spiro atoms. The van der Waals surface area contributed by atoms with Crippen molar-refractivity contribution in [1.82, 2.24) is 20.2 Å². The Labute approximate surface area is 134 Å². The zero-order valence-corrected chi connectivity index (χ0v) is 12.2. The number of carbonyl (C=O) groups excluding carboxylic acids is 1. The fourth-order valence-electron chi connectivity index (χ4n) is 1.91. The molecule has 0 saturated heterocycles. The molecule has 3 aromatic rings. The summed E-state index contributed by atoms with van der Waals surface area (Å²) in [4.78, 5) is 12.3. The third kappa shape index (κ3) is 3.11. The van der Waals surface area contributed by atoms with Crippen molar-refractivity contribution in [2.75, 3.05) is 5.32 Å². The number of hydrogen-bond donors (Lipinski definition) is 2. The van der Waals surface area contributed by atoms with Crippen molar-refractivity contribution in [2.24, 2.45) is 0 Å². The van der Waals surface area contributed by atoms with Crippen molar-refractivity contribution in [1.29, 1.82) is 0 Å². The third-order valence-corrected chi connectivity index (χ3v) is 3.25. The first kappa shape index (κ1) is 14.9. The van der Waals surface area contributed by atoms with Gasteiger partial charge in [0.05, 0.1) is 16.9 Å². The first-order valence-corrected chi connectivity index (χ1v) is 6.75. The van der Waals surface area contributed by atoms with Crippen molar-refractivity contribution in [3.05, 3.63) is 59.1 Å². The van der Waals surface area contributed by atoms with Gasteiger partial charge < -0.3 is 10.4 Å². The van der Waals surface area contributed by atoms with Gasteiger partial charge in [-0.2, -0.15) is 0 Å². The maximum Gasteiger partial charge on any atom is 0.258 e. The molecule has 2 N–H and O–H groups in total. The van der Waals surface area contributed by atoms with Crippen LogP contribution in [-0.4, -0.2) is 31.2 Å². The summed E-state index contributed by atoms with van der Waals surface area (Å²) < 4.78 is 15.2. The van der Waals surface area contributed by atoms with Crippen LogP contribution in [0.3, 0.4) is 0 Å². The second-order valence-electron chi connectivity index (χ2n) is 4.53. The molecule has 3 rings (SSSR count). The predicted molar refractivity (Wildman–Crippen MR) is 80.2 cm³/mol. The third-order valence-electron chi connectivity index (χ3n) is 3.01. The highest BCUT2D eigenvalue weighted by Crippen LogP contribution is 2.27. The zero-order chi connectivity index (χ0) is 16.4. The Hall–Kier alpha value is -3.00. The molecule has 9 heteroatoms. The lowest BCUT2D eigenvalue weighted by Crippen LogP contribution is -2.14. The minimum atomic E-state index is -0.741. The molecule has 2 aromatic carbocycles. The van der Waals surface area contributed by atoms with Crippen LogP contribution in [0, 0.1) is 5.82 Å². The van der Waals surface area contributed by atoms with E-state index in [0.717, 1.165) is 6.07 Å². The average molecular weight is 334 g/mol. The van der Waals surface area contributed by atoms with E-state index in [2.05, 4.69) is 20.8 Å². The number of hydrogen-bond acceptors (Lipinski definition) is 5. The average Bonchev–Trinajstić information content (AvgIpc) is 3.05. The van der Waals surface area contributed by atoms with E-state index in [9.17, 15) is 14.3 Å². The molecule has 0 aliphatic rings. The van der Waals surface area contributed by atoms with Crippen LogP contribution in [0.25, 0.3) is 5.69 Å². The number of carbonyl (C=O) groups is 1. The number of phenols is 1. The number of rotatable bonds is 3. The second-order valence-corrected chi connectivity index (χ2v) is 4.97. The molecular weight excluding hydrogens is 325 g/mol. The summed E-state index contributed by atoms with van der Waals surface area (Å²) in [5.74, 6) is -1.64. The molecule has 23 heavy (non-hydrogen) atoms. The van der Waals surface area contributed by atoms with Gasteiger partial charge in [0.25, 0.3) is 5.91 Å². The van der Waals surface area contributed by atoms with Crippen LogP contribution < -0.4 is 5.32 Å². The highest BCUT2D eigenvalue weighted by atomic mass is 35.5. The molecule has 116 valence electrons. The zero-order valence-electron chi connectivity index (χ0n) is 11.4. The molecule has 1 amide bonds. The summed E-state index contributed by atoms with van der Waals surface area (Å²) in [6.07, 6.45) is 1.32. The molecule has 0 saturated carbocycles. The number of nitrogens with one attached hydrogen (secondary N) is 1. The quantitative estimate of drug-likeness (QED) is 0.718. The van der Waals surface area contributed by atoms with Gasteiger partial charge in [-0.15, -0.1) is 5.10 Å². The van der Waals surface area contributed by atoms with Gasteiger partial charge in [-0.05, 0) is 46.8 Å². The Kier molecular flexibility index (Phi) is 3.90. The lowest BCUT2D eigenvalue weighted by Gasteiger charge is -2.09. The Morgan fingerprint density at radius 1 is 1.26 bits per heavy atom. The number of amides is 1. The molecule has 0 unspecified atom stereocenters. The maximum atomic E-state index is 13.9. The van der Waals surface area contributed by atoms with Crippen molar-refractivity contribution < 1.29 is 14.3 Å². The topological polar surface area (TPSA) is 92.9 Å². The largest absolute Gasteiger partial charge is 0.506 e. The van der Waals surface area contributed by atoms with Gasteiger partial charge >= 0.3 is 0 Å². The van der Waals surface area contributed by atoms with Crippen LogP contribution in [-0.2, 0) is 0 Å². The number of aromatic hydroxyl groups is 1. The smallest absolute Gasteiger partial charge is 0.258 e. The van der Waals surface area contributed by atoms with Gasteiger partial charge in [0.2, 0.25) is 0 Å². The first-order chi connectivity index (χ1) is 11.0. The Bertz CT molecular complexity index is 870. The highest BCUT2D eigenvalue weighted by Gasteiger charge is 2.15. The monoisotopic (exact) mass is 333 g/mol. The predicted octanol–water partition coefficient (Wildman–Crippen LogP) is 2.41. The summed E-state index contributed by atoms with van der Waals surface area (Å²) >= 11 is 5.81. The molecule has 0 fully saturated rings. The number of halogens is 2. The van der Waals surface area contributed by atoms with Crippen LogP contribution in [0.2, 0.25) is 5.02 Å². The van der Waals surface area contributed by atoms with Gasteiger partial charge in [-0.3, -0.25) is 4.79 Å². The second kappa shape index (κ2) is 6.01. The van der Waals surface area contributed by atoms with Crippen molar-refractivity contribution in [2.45, 2.75) is 0 Å². The Morgan fingerprint density at radius 2 is 2.09 bits per heavy atom. The molecule has 0 atom stereocenters. The minimum Gasteiger partial charge on any atom is -0.506 e. The van der Waals surface area contributed by atoms with E-state index in [1.807, 2.05) is 0 Å². The van der Waals surface area contributed by atoms with E-state index in [1.165, 1.54) is 41.3 Å². The first-order valence-electron chi connectivity index (χ1n) is 6.37. The molecule has 0 bridgehead atoms. The molecule has 0 aliphatic carbocycles. The van der Waals surface area contributed by atoms with Crippen LogP contribution in [0.1, 0.15) is 10.4 Å². The van der Waals surface area contributed by atoms with Crippen LogP contribution in [0.15, 0.2) is 42.7 Å². The van der Waals surface area contributed by atoms with Gasteiger partial charge in [-0.25, -0.2) is 9.07 Å². The SMILES string of the molecule is O=C(Nc1cc(Cl)ccc1O)c1cc(-n2cnnn2)ccc1F. The summed E-state index contributed by atoms with van der Waals surface area (Å²) in [5, 5.41) is 23.1. The number of phenolic OH excluding ortho intramolecular Hbond substituents is 1. The van der Waals surface area contributed by atoms with E-state index in [1.54, 1.807) is 0 Å². The van der Waals surface area contributed by atoms with E-state index in [4.69, 9.17) is 11.6 Å². The fourth-order valence-corrected chi connectivity index (χ4v) is 2.08. The van der Waals surface area contributed by atoms with E-state index >= 15 is 0 Å². The number of anilines is 1. The summed E-state index contributed by atoms with van der Waals surface area (Å²) in [5.41, 5.74) is 0.268.